The summed E-state index contributed by atoms with van der Waals surface area (Å²) in [5, 5.41) is 0. The molecule has 1 amide bonds. The highest BCUT2D eigenvalue weighted by atomic mass is 16.1. The van der Waals surface area contributed by atoms with E-state index in [0.717, 1.165) is 49.3 Å². The average Bonchev–Trinajstić information content (AvgIpc) is 3.05. The van der Waals surface area contributed by atoms with Gasteiger partial charge in [0, 0.05) is 32.3 Å². The summed E-state index contributed by atoms with van der Waals surface area (Å²) >= 11 is 0. The number of hydrogen-bond acceptors (Lipinski definition) is 4. The molecular formula is C20H23N5O. The molecule has 1 fully saturated rings. The molecule has 0 aliphatic carbocycles. The second-order valence-electron chi connectivity index (χ2n) is 6.99. The largest absolute Gasteiger partial charge is 0.370 e. The SMILES string of the molecule is NC(=O)CC1CCCN(c2nccc3c2ncn3Cc2ccccc2)C1. The van der Waals surface area contributed by atoms with Gasteiger partial charge in [-0.25, -0.2) is 9.97 Å². The molecule has 1 aliphatic rings. The number of benzene rings is 1. The highest BCUT2D eigenvalue weighted by Crippen LogP contribution is 2.28. The first-order valence-corrected chi connectivity index (χ1v) is 9.08. The van der Waals surface area contributed by atoms with Gasteiger partial charge in [0.25, 0.3) is 0 Å². The number of carbonyl (C=O) groups excluding carboxylic acids is 1. The van der Waals surface area contributed by atoms with Crippen molar-refractivity contribution in [2.75, 3.05) is 18.0 Å². The number of rotatable bonds is 5. The van der Waals surface area contributed by atoms with Gasteiger partial charge in [0.15, 0.2) is 5.82 Å². The van der Waals surface area contributed by atoms with E-state index in [0.29, 0.717) is 12.3 Å². The molecule has 3 aromatic rings. The Hall–Kier alpha value is -2.89. The summed E-state index contributed by atoms with van der Waals surface area (Å²) in [5.74, 6) is 0.975. The summed E-state index contributed by atoms with van der Waals surface area (Å²) in [4.78, 5) is 22.8. The lowest BCUT2D eigenvalue weighted by atomic mass is 9.94. The molecule has 6 nitrogen and oxygen atoms in total. The van der Waals surface area contributed by atoms with E-state index in [9.17, 15) is 4.79 Å². The van der Waals surface area contributed by atoms with Crippen molar-refractivity contribution >= 4 is 22.8 Å². The Bertz CT molecular complexity index is 905. The third-order valence-electron chi connectivity index (χ3n) is 5.02. The highest BCUT2D eigenvalue weighted by Gasteiger charge is 2.24. The number of amides is 1. The normalized spacial score (nSPS) is 17.5. The van der Waals surface area contributed by atoms with Gasteiger partial charge in [-0.3, -0.25) is 4.79 Å². The first-order valence-electron chi connectivity index (χ1n) is 9.08. The topological polar surface area (TPSA) is 77.0 Å². The average molecular weight is 349 g/mol. The molecule has 1 saturated heterocycles. The van der Waals surface area contributed by atoms with Crippen LogP contribution in [0.3, 0.4) is 0 Å². The maximum absolute atomic E-state index is 11.3. The number of nitrogens with two attached hydrogens (primary N) is 1. The van der Waals surface area contributed by atoms with Gasteiger partial charge in [-0.15, -0.1) is 0 Å². The molecule has 3 heterocycles. The second kappa shape index (κ2) is 7.15. The summed E-state index contributed by atoms with van der Waals surface area (Å²) in [6.45, 7) is 2.53. The van der Waals surface area contributed by atoms with E-state index in [4.69, 9.17) is 5.73 Å². The molecule has 0 bridgehead atoms. The molecule has 4 rings (SSSR count). The Morgan fingerprint density at radius 1 is 1.19 bits per heavy atom. The second-order valence-corrected chi connectivity index (χ2v) is 6.99. The van der Waals surface area contributed by atoms with Crippen molar-refractivity contribution < 1.29 is 4.79 Å². The summed E-state index contributed by atoms with van der Waals surface area (Å²) < 4.78 is 2.15. The quantitative estimate of drug-likeness (QED) is 0.768. The molecular weight excluding hydrogens is 326 g/mol. The summed E-state index contributed by atoms with van der Waals surface area (Å²) in [6.07, 6.45) is 6.25. The molecule has 6 heteroatoms. The lowest BCUT2D eigenvalue weighted by Crippen LogP contribution is -2.37. The first-order chi connectivity index (χ1) is 12.7. The first kappa shape index (κ1) is 16.6. The zero-order valence-electron chi connectivity index (χ0n) is 14.7. The van der Waals surface area contributed by atoms with Crippen molar-refractivity contribution in [2.24, 2.45) is 11.7 Å². The van der Waals surface area contributed by atoms with Crippen LogP contribution in [-0.4, -0.2) is 33.5 Å². The predicted molar refractivity (Wildman–Crippen MR) is 102 cm³/mol. The number of hydrogen-bond donors (Lipinski definition) is 1. The van der Waals surface area contributed by atoms with E-state index in [1.165, 1.54) is 5.56 Å². The van der Waals surface area contributed by atoms with Crippen LogP contribution >= 0.6 is 0 Å². The van der Waals surface area contributed by atoms with Gasteiger partial charge in [-0.2, -0.15) is 0 Å². The predicted octanol–water partition coefficient (Wildman–Crippen LogP) is 2.57. The number of anilines is 1. The zero-order valence-corrected chi connectivity index (χ0v) is 14.7. The number of piperidine rings is 1. The van der Waals surface area contributed by atoms with E-state index >= 15 is 0 Å². The Kier molecular flexibility index (Phi) is 4.56. The van der Waals surface area contributed by atoms with Crippen molar-refractivity contribution in [2.45, 2.75) is 25.8 Å². The van der Waals surface area contributed by atoms with Gasteiger partial charge in [-0.1, -0.05) is 30.3 Å². The van der Waals surface area contributed by atoms with E-state index in [-0.39, 0.29) is 5.91 Å². The maximum Gasteiger partial charge on any atom is 0.217 e. The van der Waals surface area contributed by atoms with Crippen LogP contribution < -0.4 is 10.6 Å². The number of carbonyl (C=O) groups is 1. The van der Waals surface area contributed by atoms with Crippen LogP contribution in [0.25, 0.3) is 11.0 Å². The molecule has 2 aromatic heterocycles. The van der Waals surface area contributed by atoms with Gasteiger partial charge in [0.05, 0.1) is 11.8 Å². The summed E-state index contributed by atoms with van der Waals surface area (Å²) in [5.41, 5.74) is 8.63. The smallest absolute Gasteiger partial charge is 0.217 e. The minimum Gasteiger partial charge on any atom is -0.370 e. The van der Waals surface area contributed by atoms with Gasteiger partial charge in [0.2, 0.25) is 5.91 Å². The lowest BCUT2D eigenvalue weighted by Gasteiger charge is -2.33. The fourth-order valence-corrected chi connectivity index (χ4v) is 3.82. The molecule has 0 radical (unpaired) electrons. The van der Waals surface area contributed by atoms with Gasteiger partial charge in [0.1, 0.15) is 5.52 Å². The third-order valence-corrected chi connectivity index (χ3v) is 5.02. The molecule has 1 aliphatic heterocycles. The summed E-state index contributed by atoms with van der Waals surface area (Å²) in [6, 6.07) is 12.4. The highest BCUT2D eigenvalue weighted by molar-refractivity contribution is 5.86. The monoisotopic (exact) mass is 349 g/mol. The van der Waals surface area contributed by atoms with Gasteiger partial charge >= 0.3 is 0 Å². The number of imidazole rings is 1. The van der Waals surface area contributed by atoms with E-state index < -0.39 is 0 Å². The molecule has 1 atom stereocenters. The van der Waals surface area contributed by atoms with Crippen molar-refractivity contribution in [3.8, 4) is 0 Å². The van der Waals surface area contributed by atoms with Gasteiger partial charge in [-0.05, 0) is 30.4 Å². The summed E-state index contributed by atoms with van der Waals surface area (Å²) in [7, 11) is 0. The van der Waals surface area contributed by atoms with E-state index in [1.54, 1.807) is 0 Å². The van der Waals surface area contributed by atoms with Crippen LogP contribution in [0.2, 0.25) is 0 Å². The van der Waals surface area contributed by atoms with E-state index in [2.05, 4.69) is 31.6 Å². The van der Waals surface area contributed by atoms with Gasteiger partial charge < -0.3 is 15.2 Å². The zero-order chi connectivity index (χ0) is 17.9. The number of nitrogens with zero attached hydrogens (tertiary/aromatic N) is 4. The van der Waals surface area contributed by atoms with Crippen LogP contribution in [0.15, 0.2) is 48.9 Å². The minimum atomic E-state index is -0.227. The van der Waals surface area contributed by atoms with E-state index in [1.807, 2.05) is 36.8 Å². The number of fused-ring (bicyclic) bond motifs is 1. The molecule has 0 spiro atoms. The van der Waals surface area contributed by atoms with Crippen LogP contribution in [0.1, 0.15) is 24.8 Å². The fraction of sp³-hybridized carbons (Fsp3) is 0.350. The Labute approximate surface area is 152 Å². The molecule has 0 saturated carbocycles. The molecule has 26 heavy (non-hydrogen) atoms. The van der Waals surface area contributed by atoms with Crippen molar-refractivity contribution in [3.05, 3.63) is 54.5 Å². The van der Waals surface area contributed by atoms with Crippen LogP contribution in [0.4, 0.5) is 5.82 Å². The Morgan fingerprint density at radius 2 is 2.04 bits per heavy atom. The molecule has 1 aromatic carbocycles. The van der Waals surface area contributed by atoms with Crippen LogP contribution in [0, 0.1) is 5.92 Å². The fourth-order valence-electron chi connectivity index (χ4n) is 3.82. The van der Waals surface area contributed by atoms with Crippen LogP contribution in [-0.2, 0) is 11.3 Å². The molecule has 1 unspecified atom stereocenters. The van der Waals surface area contributed by atoms with Crippen molar-refractivity contribution in [1.82, 2.24) is 14.5 Å². The molecule has 134 valence electrons. The van der Waals surface area contributed by atoms with Crippen LogP contribution in [0.5, 0.6) is 0 Å². The number of pyridine rings is 1. The molecule has 2 N–H and O–H groups in total. The maximum atomic E-state index is 11.3. The standard InChI is InChI=1S/C20H23N5O/c21-18(26)11-16-7-4-10-24(13-16)20-19-17(8-9-22-20)25(14-23-19)12-15-5-2-1-3-6-15/h1-3,5-6,8-9,14,16H,4,7,10-13H2,(H2,21,26). The Balaban J connectivity index is 1.61. The lowest BCUT2D eigenvalue weighted by molar-refractivity contribution is -0.118. The number of aromatic nitrogens is 3. The van der Waals surface area contributed by atoms with Crippen molar-refractivity contribution in [3.63, 3.8) is 0 Å². The minimum absolute atomic E-state index is 0.227. The number of primary amides is 1. The Morgan fingerprint density at radius 3 is 2.85 bits per heavy atom. The van der Waals surface area contributed by atoms with Crippen molar-refractivity contribution in [1.29, 1.82) is 0 Å². The third kappa shape index (κ3) is 3.40.